The SMILES string of the molecule is IC12CCC(C3(c4ccccc4)OCCO3)(CC1)CC2. The molecule has 0 spiro atoms. The largest absolute Gasteiger partial charge is 0.343 e. The second-order valence-corrected chi connectivity index (χ2v) is 8.90. The molecule has 108 valence electrons. The van der Waals surface area contributed by atoms with Gasteiger partial charge in [-0.3, -0.25) is 0 Å². The van der Waals surface area contributed by atoms with Crippen molar-refractivity contribution in [3.63, 3.8) is 0 Å². The number of fused-ring (bicyclic) bond motifs is 3. The quantitative estimate of drug-likeness (QED) is 0.556. The van der Waals surface area contributed by atoms with Crippen LogP contribution >= 0.6 is 22.6 Å². The van der Waals surface area contributed by atoms with Gasteiger partial charge in [-0.2, -0.15) is 0 Å². The number of benzene rings is 1. The molecule has 2 bridgehead atoms. The predicted octanol–water partition coefficient (Wildman–Crippen LogP) is 4.41. The first-order valence-corrected chi connectivity index (χ1v) is 8.79. The van der Waals surface area contributed by atoms with E-state index in [2.05, 4.69) is 52.9 Å². The van der Waals surface area contributed by atoms with Gasteiger partial charge in [0.15, 0.2) is 0 Å². The summed E-state index contributed by atoms with van der Waals surface area (Å²) < 4.78 is 13.1. The monoisotopic (exact) mass is 384 g/mol. The zero-order valence-electron chi connectivity index (χ0n) is 11.7. The Hall–Kier alpha value is -0.130. The summed E-state index contributed by atoms with van der Waals surface area (Å²) in [7, 11) is 0. The van der Waals surface area contributed by atoms with Crippen LogP contribution in [0, 0.1) is 5.41 Å². The van der Waals surface area contributed by atoms with E-state index in [0.29, 0.717) is 3.42 Å². The molecular weight excluding hydrogens is 363 g/mol. The maximum atomic E-state index is 6.29. The Labute approximate surface area is 134 Å². The first-order valence-electron chi connectivity index (χ1n) is 7.71. The lowest BCUT2D eigenvalue weighted by atomic mass is 9.56. The zero-order chi connectivity index (χ0) is 13.7. The molecule has 1 saturated heterocycles. The second kappa shape index (κ2) is 4.68. The van der Waals surface area contributed by atoms with Gasteiger partial charge in [0.25, 0.3) is 0 Å². The van der Waals surface area contributed by atoms with E-state index in [4.69, 9.17) is 9.47 Å². The Morgan fingerprint density at radius 2 is 1.35 bits per heavy atom. The van der Waals surface area contributed by atoms with Crippen LogP contribution in [0.15, 0.2) is 30.3 Å². The fourth-order valence-corrected chi connectivity index (χ4v) is 5.29. The molecule has 4 fully saturated rings. The molecule has 1 aromatic carbocycles. The van der Waals surface area contributed by atoms with E-state index in [1.165, 1.54) is 44.1 Å². The molecule has 1 heterocycles. The van der Waals surface area contributed by atoms with Crippen molar-refractivity contribution in [2.45, 2.75) is 47.7 Å². The van der Waals surface area contributed by atoms with Crippen molar-refractivity contribution in [1.29, 1.82) is 0 Å². The number of alkyl halides is 1. The van der Waals surface area contributed by atoms with E-state index in [9.17, 15) is 0 Å². The minimum atomic E-state index is -0.480. The molecule has 2 nitrogen and oxygen atoms in total. The zero-order valence-corrected chi connectivity index (χ0v) is 13.9. The Morgan fingerprint density at radius 3 is 1.90 bits per heavy atom. The number of hydrogen-bond donors (Lipinski definition) is 0. The maximum Gasteiger partial charge on any atom is 0.200 e. The lowest BCUT2D eigenvalue weighted by Gasteiger charge is -2.57. The average Bonchev–Trinajstić information content (AvgIpc) is 3.01. The second-order valence-electron chi connectivity index (χ2n) is 6.61. The summed E-state index contributed by atoms with van der Waals surface area (Å²) in [5, 5.41) is 0. The molecule has 4 aliphatic rings. The summed E-state index contributed by atoms with van der Waals surface area (Å²) in [4.78, 5) is 0. The molecule has 1 aliphatic heterocycles. The number of ether oxygens (including phenoxy) is 2. The molecule has 0 radical (unpaired) electrons. The van der Waals surface area contributed by atoms with E-state index < -0.39 is 5.79 Å². The third-order valence-electron chi connectivity index (χ3n) is 5.70. The topological polar surface area (TPSA) is 18.5 Å². The van der Waals surface area contributed by atoms with Crippen molar-refractivity contribution in [2.24, 2.45) is 5.41 Å². The highest BCUT2D eigenvalue weighted by Gasteiger charge is 2.61. The van der Waals surface area contributed by atoms with Crippen molar-refractivity contribution < 1.29 is 9.47 Å². The van der Waals surface area contributed by atoms with Crippen LogP contribution in [0.4, 0.5) is 0 Å². The average molecular weight is 384 g/mol. The molecule has 3 heteroatoms. The van der Waals surface area contributed by atoms with Crippen molar-refractivity contribution in [1.82, 2.24) is 0 Å². The maximum absolute atomic E-state index is 6.29. The van der Waals surface area contributed by atoms with Crippen molar-refractivity contribution in [2.75, 3.05) is 13.2 Å². The van der Waals surface area contributed by atoms with Crippen LogP contribution in [0.2, 0.25) is 0 Å². The highest BCUT2D eigenvalue weighted by Crippen LogP contribution is 2.64. The Balaban J connectivity index is 1.77. The van der Waals surface area contributed by atoms with Gasteiger partial charge >= 0.3 is 0 Å². The molecule has 1 aromatic rings. The molecule has 20 heavy (non-hydrogen) atoms. The fraction of sp³-hybridized carbons (Fsp3) is 0.647. The summed E-state index contributed by atoms with van der Waals surface area (Å²) in [6, 6.07) is 10.6. The summed E-state index contributed by atoms with van der Waals surface area (Å²) >= 11 is 2.70. The van der Waals surface area contributed by atoms with Crippen LogP contribution in [0.25, 0.3) is 0 Å². The standard InChI is InChI=1S/C17H21IO2/c18-16-9-6-15(7-10-16,8-11-16)17(19-12-13-20-17)14-4-2-1-3-5-14/h1-5H,6-13H2. The number of halogens is 1. The molecule has 3 aliphatic carbocycles. The molecule has 5 rings (SSSR count). The van der Waals surface area contributed by atoms with E-state index >= 15 is 0 Å². The Bertz CT molecular complexity index is 468. The summed E-state index contributed by atoms with van der Waals surface area (Å²) in [5.41, 5.74) is 1.41. The van der Waals surface area contributed by atoms with Crippen molar-refractivity contribution >= 4 is 22.6 Å². The molecule has 3 saturated carbocycles. The first-order chi connectivity index (χ1) is 9.68. The van der Waals surface area contributed by atoms with E-state index in [1.807, 2.05) is 0 Å². The van der Waals surface area contributed by atoms with Crippen molar-refractivity contribution in [3.8, 4) is 0 Å². The van der Waals surface area contributed by atoms with Gasteiger partial charge in [0, 0.05) is 14.4 Å². The molecular formula is C17H21IO2. The van der Waals surface area contributed by atoms with Gasteiger partial charge in [-0.15, -0.1) is 0 Å². The van der Waals surface area contributed by atoms with Crippen LogP contribution in [0.5, 0.6) is 0 Å². The smallest absolute Gasteiger partial charge is 0.200 e. The van der Waals surface area contributed by atoms with Crippen LogP contribution in [-0.2, 0) is 15.3 Å². The molecule has 0 N–H and O–H groups in total. The minimum absolute atomic E-state index is 0.192. The highest BCUT2D eigenvalue weighted by molar-refractivity contribution is 14.1. The highest BCUT2D eigenvalue weighted by atomic mass is 127. The van der Waals surface area contributed by atoms with Gasteiger partial charge in [-0.05, 0) is 38.5 Å². The summed E-state index contributed by atoms with van der Waals surface area (Å²) in [5.74, 6) is -0.480. The van der Waals surface area contributed by atoms with Gasteiger partial charge in [0.05, 0.1) is 13.2 Å². The van der Waals surface area contributed by atoms with E-state index in [0.717, 1.165) is 13.2 Å². The fourth-order valence-electron chi connectivity index (χ4n) is 4.48. The van der Waals surface area contributed by atoms with Crippen LogP contribution in [0.3, 0.4) is 0 Å². The molecule has 0 unspecified atom stereocenters. The lowest BCUT2D eigenvalue weighted by Crippen LogP contribution is -2.54. The third-order valence-corrected chi connectivity index (χ3v) is 7.32. The lowest BCUT2D eigenvalue weighted by molar-refractivity contribution is -0.269. The van der Waals surface area contributed by atoms with Gasteiger partial charge in [-0.1, -0.05) is 52.9 Å². The third kappa shape index (κ3) is 1.82. The van der Waals surface area contributed by atoms with E-state index in [-0.39, 0.29) is 5.41 Å². The van der Waals surface area contributed by atoms with Crippen LogP contribution in [-0.4, -0.2) is 16.6 Å². The van der Waals surface area contributed by atoms with Gasteiger partial charge < -0.3 is 9.47 Å². The first kappa shape index (κ1) is 13.5. The predicted molar refractivity (Wildman–Crippen MR) is 86.9 cm³/mol. The molecule has 0 amide bonds. The minimum Gasteiger partial charge on any atom is -0.343 e. The Kier molecular flexibility index (Phi) is 3.17. The summed E-state index contributed by atoms with van der Waals surface area (Å²) in [6.07, 6.45) is 7.67. The molecule has 0 aromatic heterocycles. The van der Waals surface area contributed by atoms with Gasteiger partial charge in [0.2, 0.25) is 5.79 Å². The number of hydrogen-bond acceptors (Lipinski definition) is 2. The van der Waals surface area contributed by atoms with Crippen molar-refractivity contribution in [3.05, 3.63) is 35.9 Å². The van der Waals surface area contributed by atoms with E-state index in [1.54, 1.807) is 0 Å². The normalized spacial score (nSPS) is 39.0. The summed E-state index contributed by atoms with van der Waals surface area (Å²) in [6.45, 7) is 1.46. The Morgan fingerprint density at radius 1 is 0.800 bits per heavy atom. The van der Waals surface area contributed by atoms with Gasteiger partial charge in [0.1, 0.15) is 0 Å². The molecule has 0 atom stereocenters. The number of rotatable bonds is 2. The van der Waals surface area contributed by atoms with Crippen LogP contribution < -0.4 is 0 Å². The van der Waals surface area contributed by atoms with Crippen LogP contribution in [0.1, 0.15) is 44.1 Å². The van der Waals surface area contributed by atoms with Gasteiger partial charge in [-0.25, -0.2) is 0 Å².